The van der Waals surface area contributed by atoms with Crippen LogP contribution in [0.5, 0.6) is 5.75 Å². The molecule has 1 amide bonds. The average molecular weight is 342 g/mol. The Bertz CT molecular complexity index is 861. The molecule has 0 aliphatic rings. The number of hydrogen-bond donors (Lipinski definition) is 1. The molecule has 1 heterocycles. The lowest BCUT2D eigenvalue weighted by Gasteiger charge is -2.11. The Morgan fingerprint density at radius 1 is 1.17 bits per heavy atom. The van der Waals surface area contributed by atoms with E-state index in [1.54, 1.807) is 48.3 Å². The van der Waals surface area contributed by atoms with Crippen molar-refractivity contribution in [2.24, 2.45) is 7.05 Å². The molecule has 3 rings (SSSR count). The normalized spacial score (nSPS) is 10.4. The van der Waals surface area contributed by atoms with E-state index in [0.717, 1.165) is 5.56 Å². The summed E-state index contributed by atoms with van der Waals surface area (Å²) in [7, 11) is 1.79. The number of amides is 1. The molecule has 6 heteroatoms. The van der Waals surface area contributed by atoms with E-state index in [1.807, 2.05) is 24.3 Å². The zero-order chi connectivity index (χ0) is 16.9. The van der Waals surface area contributed by atoms with E-state index in [1.165, 1.54) is 0 Å². The van der Waals surface area contributed by atoms with Gasteiger partial charge < -0.3 is 10.1 Å². The molecule has 0 unspecified atom stereocenters. The Hall–Kier alpha value is -2.79. The lowest BCUT2D eigenvalue weighted by atomic mass is 10.2. The number of rotatable bonds is 5. The highest BCUT2D eigenvalue weighted by molar-refractivity contribution is 6.31. The molecule has 0 radical (unpaired) electrons. The fraction of sp³-hybridized carbons (Fsp3) is 0.111. The number of nitrogens with one attached hydrogen (secondary N) is 1. The second kappa shape index (κ2) is 7.19. The molecule has 3 aromatic rings. The van der Waals surface area contributed by atoms with Crippen LogP contribution < -0.4 is 10.1 Å². The number of nitrogens with zero attached hydrogens (tertiary/aromatic N) is 2. The van der Waals surface area contributed by atoms with Crippen LogP contribution in [0.3, 0.4) is 0 Å². The second-order valence-electron chi connectivity index (χ2n) is 5.21. The predicted octanol–water partition coefficient (Wildman–Crippen LogP) is 3.90. The summed E-state index contributed by atoms with van der Waals surface area (Å²) >= 11 is 6.13. The van der Waals surface area contributed by atoms with Gasteiger partial charge in [-0.1, -0.05) is 41.9 Å². The van der Waals surface area contributed by atoms with Crippen molar-refractivity contribution in [3.8, 4) is 5.75 Å². The van der Waals surface area contributed by atoms with Crippen LogP contribution in [0.2, 0.25) is 5.02 Å². The monoisotopic (exact) mass is 341 g/mol. The van der Waals surface area contributed by atoms with E-state index < -0.39 is 0 Å². The van der Waals surface area contributed by atoms with Crippen LogP contribution in [0, 0.1) is 0 Å². The zero-order valence-electron chi connectivity index (χ0n) is 13.1. The van der Waals surface area contributed by atoms with E-state index in [0.29, 0.717) is 22.2 Å². The molecule has 2 aromatic carbocycles. The zero-order valence-corrected chi connectivity index (χ0v) is 13.8. The van der Waals surface area contributed by atoms with Crippen LogP contribution in [0.4, 0.5) is 5.82 Å². The largest absolute Gasteiger partial charge is 0.488 e. The lowest BCUT2D eigenvalue weighted by molar-refractivity contribution is 0.102. The van der Waals surface area contributed by atoms with Crippen LogP contribution >= 0.6 is 11.6 Å². The lowest BCUT2D eigenvalue weighted by Crippen LogP contribution is -2.14. The smallest absolute Gasteiger partial charge is 0.260 e. The Labute approximate surface area is 144 Å². The number of halogens is 1. The molecule has 0 bridgehead atoms. The van der Waals surface area contributed by atoms with Gasteiger partial charge in [0.25, 0.3) is 5.91 Å². The highest BCUT2D eigenvalue weighted by Gasteiger charge is 2.14. The molecule has 0 fully saturated rings. The Balaban J connectivity index is 1.75. The number of para-hydroxylation sites is 1. The van der Waals surface area contributed by atoms with Crippen molar-refractivity contribution in [3.63, 3.8) is 0 Å². The third kappa shape index (κ3) is 3.75. The molecule has 0 aliphatic heterocycles. The van der Waals surface area contributed by atoms with E-state index in [-0.39, 0.29) is 12.5 Å². The van der Waals surface area contributed by atoms with Gasteiger partial charge in [0.2, 0.25) is 0 Å². The maximum Gasteiger partial charge on any atom is 0.260 e. The molecule has 24 heavy (non-hydrogen) atoms. The number of benzene rings is 2. The van der Waals surface area contributed by atoms with Crippen molar-refractivity contribution in [3.05, 3.63) is 76.9 Å². The van der Waals surface area contributed by atoms with Crippen molar-refractivity contribution < 1.29 is 9.53 Å². The van der Waals surface area contributed by atoms with Crippen LogP contribution in [0.15, 0.2) is 60.8 Å². The van der Waals surface area contributed by atoms with Crippen molar-refractivity contribution >= 4 is 23.3 Å². The highest BCUT2D eigenvalue weighted by atomic mass is 35.5. The Morgan fingerprint density at radius 3 is 2.67 bits per heavy atom. The van der Waals surface area contributed by atoms with Gasteiger partial charge in [-0.05, 0) is 18.2 Å². The maximum atomic E-state index is 12.5. The summed E-state index contributed by atoms with van der Waals surface area (Å²) in [4.78, 5) is 12.5. The van der Waals surface area contributed by atoms with E-state index >= 15 is 0 Å². The molecule has 0 spiro atoms. The molecular formula is C18H16ClN3O2. The van der Waals surface area contributed by atoms with Crippen LogP contribution in [0.25, 0.3) is 0 Å². The minimum absolute atomic E-state index is 0.275. The average Bonchev–Trinajstić information content (AvgIpc) is 2.99. The molecule has 0 atom stereocenters. The van der Waals surface area contributed by atoms with Gasteiger partial charge in [-0.3, -0.25) is 9.48 Å². The minimum Gasteiger partial charge on any atom is -0.488 e. The van der Waals surface area contributed by atoms with E-state index in [2.05, 4.69) is 10.4 Å². The van der Waals surface area contributed by atoms with E-state index in [4.69, 9.17) is 16.3 Å². The minimum atomic E-state index is -0.275. The number of anilines is 1. The number of aromatic nitrogens is 2. The predicted molar refractivity (Wildman–Crippen MR) is 93.4 cm³/mol. The fourth-order valence-corrected chi connectivity index (χ4v) is 2.41. The summed E-state index contributed by atoms with van der Waals surface area (Å²) in [5.41, 5.74) is 1.30. The second-order valence-corrected chi connectivity index (χ2v) is 5.61. The summed E-state index contributed by atoms with van der Waals surface area (Å²) in [6.07, 6.45) is 1.76. The van der Waals surface area contributed by atoms with Gasteiger partial charge in [0, 0.05) is 29.9 Å². The molecule has 5 nitrogen and oxygen atoms in total. The molecule has 122 valence electrons. The van der Waals surface area contributed by atoms with Gasteiger partial charge in [0.15, 0.2) is 5.82 Å². The van der Waals surface area contributed by atoms with Gasteiger partial charge in [-0.25, -0.2) is 0 Å². The van der Waals surface area contributed by atoms with E-state index in [9.17, 15) is 4.79 Å². The molecule has 0 saturated heterocycles. The third-order valence-electron chi connectivity index (χ3n) is 3.43. The number of carbonyl (C=O) groups excluding carboxylic acids is 1. The summed E-state index contributed by atoms with van der Waals surface area (Å²) in [5.74, 6) is 0.706. The van der Waals surface area contributed by atoms with Gasteiger partial charge in [0.05, 0.1) is 5.56 Å². The SMILES string of the molecule is Cn1ccc(NC(=O)c2ccccc2OCc2ccccc2Cl)n1. The summed E-state index contributed by atoms with van der Waals surface area (Å²) < 4.78 is 7.42. The maximum absolute atomic E-state index is 12.5. The number of ether oxygens (including phenoxy) is 1. The van der Waals surface area contributed by atoms with Gasteiger partial charge in [0.1, 0.15) is 12.4 Å². The molecular weight excluding hydrogens is 326 g/mol. The highest BCUT2D eigenvalue weighted by Crippen LogP contribution is 2.22. The first-order valence-electron chi connectivity index (χ1n) is 7.40. The number of carbonyl (C=O) groups is 1. The Morgan fingerprint density at radius 2 is 1.92 bits per heavy atom. The summed E-state index contributed by atoms with van der Waals surface area (Å²) in [6, 6.07) is 16.2. The van der Waals surface area contributed by atoms with Gasteiger partial charge in [-0.2, -0.15) is 5.10 Å². The van der Waals surface area contributed by atoms with Gasteiger partial charge in [-0.15, -0.1) is 0 Å². The number of aryl methyl sites for hydroxylation is 1. The van der Waals surface area contributed by atoms with Crippen molar-refractivity contribution in [2.75, 3.05) is 5.32 Å². The first-order chi connectivity index (χ1) is 11.6. The molecule has 1 aromatic heterocycles. The molecule has 0 saturated carbocycles. The van der Waals surface area contributed by atoms with Crippen LogP contribution in [0.1, 0.15) is 15.9 Å². The summed E-state index contributed by atoms with van der Waals surface area (Å²) in [6.45, 7) is 0.285. The van der Waals surface area contributed by atoms with Crippen molar-refractivity contribution in [1.29, 1.82) is 0 Å². The van der Waals surface area contributed by atoms with Crippen LogP contribution in [-0.4, -0.2) is 15.7 Å². The molecule has 0 aliphatic carbocycles. The summed E-state index contributed by atoms with van der Waals surface area (Å²) in [5, 5.41) is 7.52. The Kier molecular flexibility index (Phi) is 4.82. The molecule has 1 N–H and O–H groups in total. The first-order valence-corrected chi connectivity index (χ1v) is 7.77. The van der Waals surface area contributed by atoms with Crippen molar-refractivity contribution in [1.82, 2.24) is 9.78 Å². The van der Waals surface area contributed by atoms with Crippen molar-refractivity contribution in [2.45, 2.75) is 6.61 Å². The first kappa shape index (κ1) is 16.1. The topological polar surface area (TPSA) is 56.2 Å². The van der Waals surface area contributed by atoms with Gasteiger partial charge >= 0.3 is 0 Å². The standard InChI is InChI=1S/C18H16ClN3O2/c1-22-11-10-17(21-22)20-18(23)14-7-3-5-9-16(14)24-12-13-6-2-4-8-15(13)19/h2-11H,12H2,1H3,(H,20,21,23). The fourth-order valence-electron chi connectivity index (χ4n) is 2.22. The quantitative estimate of drug-likeness (QED) is 0.765. The van der Waals surface area contributed by atoms with Crippen LogP contribution in [-0.2, 0) is 13.7 Å². The third-order valence-corrected chi connectivity index (χ3v) is 3.80. The number of hydrogen-bond acceptors (Lipinski definition) is 3.